The first-order valence-corrected chi connectivity index (χ1v) is 4.35. The Morgan fingerprint density at radius 3 is 1.69 bits per heavy atom. The quantitative estimate of drug-likeness (QED) is 0.410. The maximum Gasteiger partial charge on any atom is 0.107 e. The van der Waals surface area contributed by atoms with Crippen LogP contribution >= 0.6 is 0 Å². The van der Waals surface area contributed by atoms with Crippen LogP contribution in [-0.4, -0.2) is 58.1 Å². The highest BCUT2D eigenvalue weighted by Crippen LogP contribution is 2.25. The van der Waals surface area contributed by atoms with Gasteiger partial charge < -0.3 is 25.2 Å². The molecule has 78 valence electrons. The zero-order valence-corrected chi connectivity index (χ0v) is 7.50. The zero-order chi connectivity index (χ0) is 10.0. The summed E-state index contributed by atoms with van der Waals surface area (Å²) in [7, 11) is 0. The van der Waals surface area contributed by atoms with Gasteiger partial charge in [0.05, 0.1) is 25.4 Å². The van der Waals surface area contributed by atoms with Crippen molar-refractivity contribution in [3.63, 3.8) is 0 Å². The van der Waals surface area contributed by atoms with Gasteiger partial charge in [0.1, 0.15) is 12.2 Å². The molecule has 0 aromatic heterocycles. The SMILES string of the molecule is CC1C(O)[C@@H](CO)OC(CO)[C@H]1O. The van der Waals surface area contributed by atoms with Gasteiger partial charge in [-0.25, -0.2) is 0 Å². The lowest BCUT2D eigenvalue weighted by Crippen LogP contribution is -2.55. The number of aliphatic hydroxyl groups is 4. The second-order valence-electron chi connectivity index (χ2n) is 3.42. The lowest BCUT2D eigenvalue weighted by atomic mass is 9.88. The van der Waals surface area contributed by atoms with E-state index in [1.807, 2.05) is 0 Å². The van der Waals surface area contributed by atoms with Gasteiger partial charge in [-0.2, -0.15) is 0 Å². The van der Waals surface area contributed by atoms with Crippen molar-refractivity contribution in [3.8, 4) is 0 Å². The molecule has 5 nitrogen and oxygen atoms in total. The highest BCUT2D eigenvalue weighted by atomic mass is 16.5. The van der Waals surface area contributed by atoms with Crippen molar-refractivity contribution >= 4 is 0 Å². The summed E-state index contributed by atoms with van der Waals surface area (Å²) in [4.78, 5) is 0. The lowest BCUT2D eigenvalue weighted by molar-refractivity contribution is -0.213. The van der Waals surface area contributed by atoms with Crippen molar-refractivity contribution in [1.29, 1.82) is 0 Å². The van der Waals surface area contributed by atoms with Gasteiger partial charge in [0, 0.05) is 5.92 Å². The number of ether oxygens (including phenoxy) is 1. The fraction of sp³-hybridized carbons (Fsp3) is 1.00. The van der Waals surface area contributed by atoms with Gasteiger partial charge in [0.15, 0.2) is 0 Å². The van der Waals surface area contributed by atoms with Crippen LogP contribution in [0, 0.1) is 5.92 Å². The molecule has 0 aromatic rings. The Morgan fingerprint density at radius 2 is 1.38 bits per heavy atom. The lowest BCUT2D eigenvalue weighted by Gasteiger charge is -2.40. The smallest absolute Gasteiger partial charge is 0.107 e. The number of rotatable bonds is 2. The third kappa shape index (κ3) is 2.00. The zero-order valence-electron chi connectivity index (χ0n) is 7.50. The van der Waals surface area contributed by atoms with E-state index in [1.54, 1.807) is 6.92 Å². The standard InChI is InChI=1S/C8H16O5/c1-4-7(11)5(2-9)13-6(3-10)8(4)12/h4-12H,2-3H2,1H3/t4?,5-,6?,7?,8+/m1/s1. The van der Waals surface area contributed by atoms with Crippen molar-refractivity contribution in [2.24, 2.45) is 5.92 Å². The molecule has 4 N–H and O–H groups in total. The van der Waals surface area contributed by atoms with Crippen molar-refractivity contribution in [1.82, 2.24) is 0 Å². The second kappa shape index (κ2) is 4.34. The predicted octanol–water partition coefficient (Wildman–Crippen LogP) is -1.90. The van der Waals surface area contributed by atoms with Gasteiger partial charge in [0.2, 0.25) is 0 Å². The van der Waals surface area contributed by atoms with E-state index < -0.39 is 30.3 Å². The molecular formula is C8H16O5. The molecule has 1 aliphatic heterocycles. The van der Waals surface area contributed by atoms with Gasteiger partial charge in [-0.05, 0) is 0 Å². The highest BCUT2D eigenvalue weighted by molar-refractivity contribution is 4.89. The van der Waals surface area contributed by atoms with Crippen LogP contribution < -0.4 is 0 Å². The van der Waals surface area contributed by atoms with Crippen molar-refractivity contribution < 1.29 is 25.2 Å². The molecule has 0 aliphatic carbocycles. The molecule has 0 saturated carbocycles. The predicted molar refractivity (Wildman–Crippen MR) is 44.0 cm³/mol. The minimum absolute atomic E-state index is 0.311. The van der Waals surface area contributed by atoms with Crippen LogP contribution in [0.1, 0.15) is 6.92 Å². The molecule has 1 saturated heterocycles. The summed E-state index contributed by atoms with van der Waals surface area (Å²) in [6.07, 6.45) is -3.20. The molecule has 0 aromatic carbocycles. The maximum atomic E-state index is 9.49. The van der Waals surface area contributed by atoms with E-state index >= 15 is 0 Å². The van der Waals surface area contributed by atoms with Gasteiger partial charge >= 0.3 is 0 Å². The van der Waals surface area contributed by atoms with Crippen molar-refractivity contribution in [2.45, 2.75) is 31.3 Å². The first kappa shape index (κ1) is 10.9. The maximum absolute atomic E-state index is 9.49. The van der Waals surface area contributed by atoms with Crippen molar-refractivity contribution in [2.75, 3.05) is 13.2 Å². The Balaban J connectivity index is 2.66. The Bertz CT molecular complexity index is 143. The minimum Gasteiger partial charge on any atom is -0.394 e. The monoisotopic (exact) mass is 192 g/mol. The molecule has 0 spiro atoms. The summed E-state index contributed by atoms with van der Waals surface area (Å²) in [5.41, 5.74) is 0. The normalized spacial score (nSPS) is 46.4. The summed E-state index contributed by atoms with van der Waals surface area (Å²) in [5, 5.41) is 36.7. The van der Waals surface area contributed by atoms with Crippen LogP contribution in [-0.2, 0) is 4.74 Å². The molecule has 0 bridgehead atoms. The number of hydrogen-bond donors (Lipinski definition) is 4. The topological polar surface area (TPSA) is 90.2 Å². The third-order valence-electron chi connectivity index (χ3n) is 2.55. The molecule has 3 unspecified atom stereocenters. The first-order chi connectivity index (χ1) is 6.11. The van der Waals surface area contributed by atoms with E-state index in [1.165, 1.54) is 0 Å². The third-order valence-corrected chi connectivity index (χ3v) is 2.55. The summed E-state index contributed by atoms with van der Waals surface area (Å²) in [5.74, 6) is -0.400. The van der Waals surface area contributed by atoms with Gasteiger partial charge in [0.25, 0.3) is 0 Å². The van der Waals surface area contributed by atoms with Crippen LogP contribution in [0.5, 0.6) is 0 Å². The molecule has 0 radical (unpaired) electrons. The average Bonchev–Trinajstić information content (AvgIpc) is 2.15. The largest absolute Gasteiger partial charge is 0.394 e. The van der Waals surface area contributed by atoms with E-state index in [0.717, 1.165) is 0 Å². The average molecular weight is 192 g/mol. The molecule has 1 rings (SSSR count). The number of hydrogen-bond acceptors (Lipinski definition) is 5. The van der Waals surface area contributed by atoms with Crippen LogP contribution in [0.3, 0.4) is 0 Å². The molecule has 0 amide bonds. The first-order valence-electron chi connectivity index (χ1n) is 4.35. The van der Waals surface area contributed by atoms with E-state index in [4.69, 9.17) is 14.9 Å². The minimum atomic E-state index is -0.886. The Morgan fingerprint density at radius 1 is 1.00 bits per heavy atom. The summed E-state index contributed by atoms with van der Waals surface area (Å²) < 4.78 is 5.08. The Labute approximate surface area is 76.6 Å². The molecule has 1 aliphatic rings. The van der Waals surface area contributed by atoms with Gasteiger partial charge in [-0.3, -0.25) is 0 Å². The van der Waals surface area contributed by atoms with E-state index in [2.05, 4.69) is 0 Å². The van der Waals surface area contributed by atoms with E-state index in [9.17, 15) is 10.2 Å². The fourth-order valence-electron chi connectivity index (χ4n) is 1.57. The molecule has 1 fully saturated rings. The van der Waals surface area contributed by atoms with E-state index in [0.29, 0.717) is 0 Å². The highest BCUT2D eigenvalue weighted by Gasteiger charge is 2.41. The second-order valence-corrected chi connectivity index (χ2v) is 3.42. The molecule has 13 heavy (non-hydrogen) atoms. The Hall–Kier alpha value is -0.200. The van der Waals surface area contributed by atoms with Crippen LogP contribution in [0.25, 0.3) is 0 Å². The van der Waals surface area contributed by atoms with Crippen LogP contribution in [0.4, 0.5) is 0 Å². The molecule has 1 heterocycles. The van der Waals surface area contributed by atoms with Gasteiger partial charge in [-0.1, -0.05) is 6.92 Å². The fourth-order valence-corrected chi connectivity index (χ4v) is 1.57. The molecular weight excluding hydrogens is 176 g/mol. The Kier molecular flexibility index (Phi) is 3.63. The summed E-state index contributed by atoms with van der Waals surface area (Å²) >= 11 is 0. The van der Waals surface area contributed by atoms with Crippen LogP contribution in [0.15, 0.2) is 0 Å². The summed E-state index contributed by atoms with van der Waals surface area (Å²) in [6, 6.07) is 0. The van der Waals surface area contributed by atoms with Gasteiger partial charge in [-0.15, -0.1) is 0 Å². The van der Waals surface area contributed by atoms with E-state index in [-0.39, 0.29) is 13.2 Å². The molecule has 5 heteroatoms. The molecule has 5 atom stereocenters. The van der Waals surface area contributed by atoms with Crippen molar-refractivity contribution in [3.05, 3.63) is 0 Å². The number of aliphatic hydroxyl groups excluding tert-OH is 4. The van der Waals surface area contributed by atoms with Crippen LogP contribution in [0.2, 0.25) is 0 Å². The summed E-state index contributed by atoms with van der Waals surface area (Å²) in [6.45, 7) is 1.03.